The Labute approximate surface area is 98.9 Å². The molecule has 1 aromatic heterocycles. The van der Waals surface area contributed by atoms with E-state index in [0.717, 1.165) is 0 Å². The Morgan fingerprint density at radius 1 is 1.50 bits per heavy atom. The zero-order valence-corrected chi connectivity index (χ0v) is 10.1. The van der Waals surface area contributed by atoms with Gasteiger partial charge in [-0.3, -0.25) is 0 Å². The molecular formula is C11H14ClNO3. The highest BCUT2D eigenvalue weighted by atomic mass is 35.5. The van der Waals surface area contributed by atoms with Crippen molar-refractivity contribution in [3.8, 4) is 0 Å². The molecule has 88 valence electrons. The van der Waals surface area contributed by atoms with Gasteiger partial charge in [-0.2, -0.15) is 0 Å². The Morgan fingerprint density at radius 3 is 2.50 bits per heavy atom. The molecule has 1 unspecified atom stereocenters. The molecule has 16 heavy (non-hydrogen) atoms. The second-order valence-electron chi connectivity index (χ2n) is 4.28. The number of carboxylic acid groups (broad SMARTS) is 1. The van der Waals surface area contributed by atoms with E-state index in [-0.39, 0.29) is 0 Å². The molecule has 2 N–H and O–H groups in total. The van der Waals surface area contributed by atoms with E-state index in [0.29, 0.717) is 16.4 Å². The van der Waals surface area contributed by atoms with Crippen LogP contribution in [0.4, 0.5) is 0 Å². The van der Waals surface area contributed by atoms with Crippen LogP contribution in [0.3, 0.4) is 0 Å². The minimum atomic E-state index is -1.48. The number of hydrogen-bond acceptors (Lipinski definition) is 3. The molecule has 0 spiro atoms. The number of aliphatic carboxylic acids is 1. The lowest BCUT2D eigenvalue weighted by Gasteiger charge is -2.28. The van der Waals surface area contributed by atoms with Crippen LogP contribution in [-0.2, 0) is 10.2 Å². The molecule has 0 aliphatic heterocycles. The molecular weight excluding hydrogens is 230 g/mol. The summed E-state index contributed by atoms with van der Waals surface area (Å²) in [5.74, 6) is -1.25. The third-order valence-electron chi connectivity index (χ3n) is 2.58. The normalized spacial score (nSPS) is 13.6. The smallest absolute Gasteiger partial charge is 0.333 e. The Hall–Kier alpha value is -1.13. The van der Waals surface area contributed by atoms with Crippen molar-refractivity contribution in [3.05, 3.63) is 28.5 Å². The molecule has 0 bridgehead atoms. The van der Waals surface area contributed by atoms with Crippen molar-refractivity contribution in [2.75, 3.05) is 0 Å². The van der Waals surface area contributed by atoms with Crippen LogP contribution in [0.1, 0.15) is 25.1 Å². The fourth-order valence-corrected chi connectivity index (χ4v) is 1.72. The average Bonchev–Trinajstić information content (AvgIpc) is 2.14. The van der Waals surface area contributed by atoms with Crippen LogP contribution in [0, 0.1) is 6.92 Å². The first-order chi connectivity index (χ1) is 7.25. The van der Waals surface area contributed by atoms with E-state index < -0.39 is 17.5 Å². The zero-order valence-electron chi connectivity index (χ0n) is 9.36. The number of halogens is 1. The van der Waals surface area contributed by atoms with Crippen LogP contribution in [0.2, 0.25) is 5.15 Å². The minimum absolute atomic E-state index is 0.292. The summed E-state index contributed by atoms with van der Waals surface area (Å²) in [5.41, 5.74) is 0.427. The lowest BCUT2D eigenvalue weighted by atomic mass is 9.79. The van der Waals surface area contributed by atoms with Gasteiger partial charge in [-0.05, 0) is 24.6 Å². The van der Waals surface area contributed by atoms with Gasteiger partial charge in [-0.1, -0.05) is 25.4 Å². The van der Waals surface area contributed by atoms with Crippen molar-refractivity contribution in [1.82, 2.24) is 4.98 Å². The Balaban J connectivity index is 3.20. The predicted octanol–water partition coefficient (Wildman–Crippen LogP) is 1.77. The standard InChI is InChI=1S/C11H14ClNO3/c1-6-4-7(5-8(12)13-6)11(2,3)9(14)10(15)16/h4-5,9,14H,1-3H3,(H,15,16). The van der Waals surface area contributed by atoms with Crippen LogP contribution >= 0.6 is 11.6 Å². The summed E-state index contributed by atoms with van der Waals surface area (Å²) < 4.78 is 0. The average molecular weight is 244 g/mol. The van der Waals surface area contributed by atoms with Gasteiger partial charge in [-0.15, -0.1) is 0 Å². The monoisotopic (exact) mass is 243 g/mol. The maximum Gasteiger partial charge on any atom is 0.333 e. The van der Waals surface area contributed by atoms with E-state index in [4.69, 9.17) is 16.7 Å². The summed E-state index contributed by atoms with van der Waals surface area (Å²) in [4.78, 5) is 14.8. The number of carbonyl (C=O) groups is 1. The maximum absolute atomic E-state index is 10.8. The van der Waals surface area contributed by atoms with Gasteiger partial charge in [0.25, 0.3) is 0 Å². The first kappa shape index (κ1) is 12.9. The first-order valence-corrected chi connectivity index (χ1v) is 5.18. The summed E-state index contributed by atoms with van der Waals surface area (Å²) in [6.07, 6.45) is -1.48. The molecule has 1 aromatic rings. The fourth-order valence-electron chi connectivity index (χ4n) is 1.47. The molecule has 0 radical (unpaired) electrons. The molecule has 0 amide bonds. The first-order valence-electron chi connectivity index (χ1n) is 4.80. The highest BCUT2D eigenvalue weighted by Gasteiger charge is 2.35. The predicted molar refractivity (Wildman–Crippen MR) is 60.7 cm³/mol. The van der Waals surface area contributed by atoms with E-state index in [1.165, 1.54) is 0 Å². The quantitative estimate of drug-likeness (QED) is 0.794. The summed E-state index contributed by atoms with van der Waals surface area (Å²) in [7, 11) is 0. The summed E-state index contributed by atoms with van der Waals surface area (Å²) in [6.45, 7) is 5.06. The summed E-state index contributed by atoms with van der Waals surface area (Å²) in [5, 5.41) is 18.7. The summed E-state index contributed by atoms with van der Waals surface area (Å²) in [6, 6.07) is 3.29. The molecule has 5 heteroatoms. The number of nitrogens with zero attached hydrogens (tertiary/aromatic N) is 1. The number of rotatable bonds is 3. The fraction of sp³-hybridized carbons (Fsp3) is 0.455. The van der Waals surface area contributed by atoms with Crippen molar-refractivity contribution >= 4 is 17.6 Å². The van der Waals surface area contributed by atoms with Crippen molar-refractivity contribution in [2.24, 2.45) is 0 Å². The zero-order chi connectivity index (χ0) is 12.5. The topological polar surface area (TPSA) is 70.4 Å². The number of aliphatic hydroxyl groups is 1. The molecule has 0 aromatic carbocycles. The van der Waals surface area contributed by atoms with Gasteiger partial charge in [-0.25, -0.2) is 9.78 Å². The van der Waals surface area contributed by atoms with E-state index in [1.54, 1.807) is 32.9 Å². The molecule has 0 saturated carbocycles. The van der Waals surface area contributed by atoms with Gasteiger partial charge in [0.15, 0.2) is 6.10 Å². The van der Waals surface area contributed by atoms with Crippen molar-refractivity contribution in [3.63, 3.8) is 0 Å². The number of aromatic nitrogens is 1. The molecule has 4 nitrogen and oxygen atoms in total. The van der Waals surface area contributed by atoms with Gasteiger partial charge in [0, 0.05) is 11.1 Å². The number of carboxylic acids is 1. The molecule has 1 heterocycles. The number of hydrogen-bond donors (Lipinski definition) is 2. The van der Waals surface area contributed by atoms with Gasteiger partial charge < -0.3 is 10.2 Å². The lowest BCUT2D eigenvalue weighted by Crippen LogP contribution is -2.39. The van der Waals surface area contributed by atoms with E-state index in [2.05, 4.69) is 4.98 Å². The second kappa shape index (κ2) is 4.39. The lowest BCUT2D eigenvalue weighted by molar-refractivity contribution is -0.150. The van der Waals surface area contributed by atoms with E-state index in [9.17, 15) is 9.90 Å². The van der Waals surface area contributed by atoms with Crippen molar-refractivity contribution in [2.45, 2.75) is 32.3 Å². The molecule has 1 atom stereocenters. The van der Waals surface area contributed by atoms with Crippen molar-refractivity contribution < 1.29 is 15.0 Å². The van der Waals surface area contributed by atoms with Gasteiger partial charge in [0.05, 0.1) is 0 Å². The largest absolute Gasteiger partial charge is 0.479 e. The maximum atomic E-state index is 10.8. The third kappa shape index (κ3) is 2.51. The van der Waals surface area contributed by atoms with Crippen LogP contribution in [0.25, 0.3) is 0 Å². The Morgan fingerprint density at radius 2 is 2.06 bits per heavy atom. The van der Waals surface area contributed by atoms with E-state index >= 15 is 0 Å². The van der Waals surface area contributed by atoms with Crippen LogP contribution in [-0.4, -0.2) is 27.3 Å². The molecule has 1 rings (SSSR count). The van der Waals surface area contributed by atoms with Crippen LogP contribution in [0.15, 0.2) is 12.1 Å². The van der Waals surface area contributed by atoms with Gasteiger partial charge >= 0.3 is 5.97 Å². The second-order valence-corrected chi connectivity index (χ2v) is 4.67. The minimum Gasteiger partial charge on any atom is -0.479 e. The molecule has 0 aliphatic rings. The SMILES string of the molecule is Cc1cc(C(C)(C)C(O)C(=O)O)cc(Cl)n1. The number of pyridine rings is 1. The highest BCUT2D eigenvalue weighted by molar-refractivity contribution is 6.29. The van der Waals surface area contributed by atoms with Gasteiger partial charge in [0.1, 0.15) is 5.15 Å². The number of aryl methyl sites for hydroxylation is 1. The molecule has 0 fully saturated rings. The number of aliphatic hydroxyl groups excluding tert-OH is 1. The highest BCUT2D eigenvalue weighted by Crippen LogP contribution is 2.29. The third-order valence-corrected chi connectivity index (χ3v) is 2.78. The molecule has 0 saturated heterocycles. The van der Waals surface area contributed by atoms with E-state index in [1.807, 2.05) is 0 Å². The van der Waals surface area contributed by atoms with Crippen LogP contribution < -0.4 is 0 Å². The Bertz CT molecular complexity index is 397. The van der Waals surface area contributed by atoms with Gasteiger partial charge in [0.2, 0.25) is 0 Å². The van der Waals surface area contributed by atoms with Crippen molar-refractivity contribution in [1.29, 1.82) is 0 Å². The summed E-state index contributed by atoms with van der Waals surface area (Å²) >= 11 is 5.80. The van der Waals surface area contributed by atoms with Crippen LogP contribution in [0.5, 0.6) is 0 Å². The Kier molecular flexibility index (Phi) is 3.55. The molecule has 0 aliphatic carbocycles.